The maximum Gasteiger partial charge on any atom is 0.225 e. The van der Waals surface area contributed by atoms with Gasteiger partial charge in [-0.3, -0.25) is 4.79 Å². The van der Waals surface area contributed by atoms with Gasteiger partial charge < -0.3 is 14.8 Å². The summed E-state index contributed by atoms with van der Waals surface area (Å²) >= 11 is 0. The lowest BCUT2D eigenvalue weighted by atomic mass is 9.97. The van der Waals surface area contributed by atoms with Gasteiger partial charge in [0, 0.05) is 12.1 Å². The predicted molar refractivity (Wildman–Crippen MR) is 101 cm³/mol. The molecule has 1 saturated heterocycles. The molecule has 1 fully saturated rings. The minimum Gasteiger partial charge on any atom is -0.346 e. The SMILES string of the molecule is CC[C@@H]1[C@@H](C(=O)N[C@H](C)c2nc3ccccc3n2C(C)C)CCN1C. The van der Waals surface area contributed by atoms with Crippen LogP contribution < -0.4 is 5.32 Å². The molecule has 1 aromatic heterocycles. The van der Waals surface area contributed by atoms with Crippen LogP contribution in [0.25, 0.3) is 11.0 Å². The van der Waals surface area contributed by atoms with Crippen LogP contribution in [0.1, 0.15) is 58.4 Å². The van der Waals surface area contributed by atoms with E-state index >= 15 is 0 Å². The molecule has 1 N–H and O–H groups in total. The number of amides is 1. The van der Waals surface area contributed by atoms with E-state index in [0.717, 1.165) is 36.2 Å². The Labute approximate surface area is 150 Å². The topological polar surface area (TPSA) is 50.2 Å². The summed E-state index contributed by atoms with van der Waals surface area (Å²) in [6.07, 6.45) is 1.95. The number of carbonyl (C=O) groups is 1. The first-order valence-corrected chi connectivity index (χ1v) is 9.41. The van der Waals surface area contributed by atoms with Crippen molar-refractivity contribution in [3.63, 3.8) is 0 Å². The second-order valence-corrected chi connectivity index (χ2v) is 7.50. The zero-order chi connectivity index (χ0) is 18.1. The van der Waals surface area contributed by atoms with Gasteiger partial charge in [-0.05, 0) is 59.3 Å². The second kappa shape index (κ2) is 7.16. The van der Waals surface area contributed by atoms with Crippen molar-refractivity contribution in [2.24, 2.45) is 5.92 Å². The monoisotopic (exact) mass is 342 g/mol. The van der Waals surface area contributed by atoms with Crippen LogP contribution in [0, 0.1) is 5.92 Å². The molecule has 1 aromatic carbocycles. The number of hydrogen-bond acceptors (Lipinski definition) is 3. The summed E-state index contributed by atoms with van der Waals surface area (Å²) in [5.41, 5.74) is 2.11. The summed E-state index contributed by atoms with van der Waals surface area (Å²) in [6, 6.07) is 8.71. The number of nitrogens with zero attached hydrogens (tertiary/aromatic N) is 3. The average molecular weight is 342 g/mol. The molecule has 0 unspecified atom stereocenters. The van der Waals surface area contributed by atoms with Crippen LogP contribution in [-0.4, -0.2) is 40.0 Å². The summed E-state index contributed by atoms with van der Waals surface area (Å²) in [7, 11) is 2.11. The van der Waals surface area contributed by atoms with Crippen LogP contribution in [0.4, 0.5) is 0 Å². The smallest absolute Gasteiger partial charge is 0.225 e. The van der Waals surface area contributed by atoms with E-state index in [1.807, 2.05) is 25.1 Å². The highest BCUT2D eigenvalue weighted by atomic mass is 16.2. The van der Waals surface area contributed by atoms with Crippen molar-refractivity contribution in [2.45, 2.75) is 58.7 Å². The van der Waals surface area contributed by atoms with Gasteiger partial charge in [-0.1, -0.05) is 19.1 Å². The molecule has 2 heterocycles. The molecule has 0 radical (unpaired) electrons. The van der Waals surface area contributed by atoms with Crippen LogP contribution in [0.2, 0.25) is 0 Å². The Balaban J connectivity index is 1.84. The number of carbonyl (C=O) groups excluding carboxylic acids is 1. The molecular weight excluding hydrogens is 312 g/mol. The molecule has 1 amide bonds. The molecule has 136 valence electrons. The van der Waals surface area contributed by atoms with Gasteiger partial charge in [0.1, 0.15) is 5.82 Å². The summed E-state index contributed by atoms with van der Waals surface area (Å²) in [5, 5.41) is 3.23. The van der Waals surface area contributed by atoms with Crippen LogP contribution >= 0.6 is 0 Å². The van der Waals surface area contributed by atoms with Gasteiger partial charge in [0.2, 0.25) is 5.91 Å². The molecule has 1 aliphatic heterocycles. The number of fused-ring (bicyclic) bond motifs is 1. The highest BCUT2D eigenvalue weighted by molar-refractivity contribution is 5.80. The number of benzene rings is 1. The number of nitrogens with one attached hydrogen (secondary N) is 1. The van der Waals surface area contributed by atoms with Crippen LogP contribution in [-0.2, 0) is 4.79 Å². The fourth-order valence-corrected chi connectivity index (χ4v) is 4.21. The lowest BCUT2D eigenvalue weighted by molar-refractivity contribution is -0.126. The molecule has 1 aliphatic rings. The zero-order valence-corrected chi connectivity index (χ0v) is 16.0. The Kier molecular flexibility index (Phi) is 5.13. The maximum atomic E-state index is 12.9. The van der Waals surface area contributed by atoms with Crippen molar-refractivity contribution in [3.8, 4) is 0 Å². The van der Waals surface area contributed by atoms with E-state index in [2.05, 4.69) is 48.7 Å². The highest BCUT2D eigenvalue weighted by Crippen LogP contribution is 2.28. The lowest BCUT2D eigenvalue weighted by Gasteiger charge is -2.25. The highest BCUT2D eigenvalue weighted by Gasteiger charge is 2.36. The molecule has 0 saturated carbocycles. The average Bonchev–Trinajstić information content (AvgIpc) is 3.14. The number of rotatable bonds is 5. The number of aromatic nitrogens is 2. The molecule has 2 aromatic rings. The zero-order valence-electron chi connectivity index (χ0n) is 16.0. The minimum absolute atomic E-state index is 0.0781. The number of hydrogen-bond donors (Lipinski definition) is 1. The molecule has 0 spiro atoms. The summed E-state index contributed by atoms with van der Waals surface area (Å²) in [5.74, 6) is 1.17. The first kappa shape index (κ1) is 17.9. The number of imidazole rings is 1. The van der Waals surface area contributed by atoms with Gasteiger partial charge in [0.15, 0.2) is 0 Å². The molecule has 0 bridgehead atoms. The summed E-state index contributed by atoms with van der Waals surface area (Å²) < 4.78 is 2.23. The Morgan fingerprint density at radius 3 is 2.72 bits per heavy atom. The molecular formula is C20H30N4O. The van der Waals surface area contributed by atoms with E-state index in [4.69, 9.17) is 4.98 Å². The van der Waals surface area contributed by atoms with Gasteiger partial charge in [-0.25, -0.2) is 4.98 Å². The Morgan fingerprint density at radius 2 is 2.04 bits per heavy atom. The predicted octanol–water partition coefficient (Wildman–Crippen LogP) is 3.52. The third kappa shape index (κ3) is 3.30. The third-order valence-corrected chi connectivity index (χ3v) is 5.46. The molecule has 5 heteroatoms. The molecule has 25 heavy (non-hydrogen) atoms. The quantitative estimate of drug-likeness (QED) is 0.904. The van der Waals surface area contributed by atoms with Crippen molar-refractivity contribution in [1.82, 2.24) is 19.8 Å². The minimum atomic E-state index is -0.106. The summed E-state index contributed by atoms with van der Waals surface area (Å²) in [4.78, 5) is 20.0. The van der Waals surface area contributed by atoms with E-state index in [9.17, 15) is 4.79 Å². The second-order valence-electron chi connectivity index (χ2n) is 7.50. The van der Waals surface area contributed by atoms with Crippen LogP contribution in [0.5, 0.6) is 0 Å². The van der Waals surface area contributed by atoms with Gasteiger partial charge in [0.25, 0.3) is 0 Å². The Morgan fingerprint density at radius 1 is 1.32 bits per heavy atom. The van der Waals surface area contributed by atoms with Gasteiger partial charge in [-0.15, -0.1) is 0 Å². The third-order valence-electron chi connectivity index (χ3n) is 5.46. The summed E-state index contributed by atoms with van der Waals surface area (Å²) in [6.45, 7) is 9.51. The van der Waals surface area contributed by atoms with Crippen molar-refractivity contribution in [2.75, 3.05) is 13.6 Å². The first-order chi connectivity index (χ1) is 11.9. The van der Waals surface area contributed by atoms with E-state index in [-0.39, 0.29) is 17.9 Å². The van der Waals surface area contributed by atoms with E-state index in [1.54, 1.807) is 0 Å². The molecule has 5 nitrogen and oxygen atoms in total. The first-order valence-electron chi connectivity index (χ1n) is 9.41. The van der Waals surface area contributed by atoms with E-state index in [0.29, 0.717) is 12.1 Å². The lowest BCUT2D eigenvalue weighted by Crippen LogP contribution is -2.40. The van der Waals surface area contributed by atoms with E-state index in [1.165, 1.54) is 0 Å². The standard InChI is InChI=1S/C20H30N4O/c1-6-17-15(11-12-23(17)5)20(25)21-14(4)19-22-16-9-7-8-10-18(16)24(19)13(2)3/h7-10,13-15,17H,6,11-12H2,1-5H3,(H,21,25)/t14-,15+,17-/m1/s1. The fourth-order valence-electron chi connectivity index (χ4n) is 4.21. The van der Waals surface area contributed by atoms with Crippen LogP contribution in [0.15, 0.2) is 24.3 Å². The van der Waals surface area contributed by atoms with E-state index < -0.39 is 0 Å². The van der Waals surface area contributed by atoms with Gasteiger partial charge in [-0.2, -0.15) is 0 Å². The Hall–Kier alpha value is -1.88. The van der Waals surface area contributed by atoms with Crippen LogP contribution in [0.3, 0.4) is 0 Å². The largest absolute Gasteiger partial charge is 0.346 e. The maximum absolute atomic E-state index is 12.9. The number of likely N-dealkylation sites (tertiary alicyclic amines) is 1. The van der Waals surface area contributed by atoms with Crippen molar-refractivity contribution < 1.29 is 4.79 Å². The van der Waals surface area contributed by atoms with Gasteiger partial charge in [0.05, 0.1) is 23.0 Å². The molecule has 3 rings (SSSR count). The number of para-hydroxylation sites is 2. The normalized spacial score (nSPS) is 22.6. The van der Waals surface area contributed by atoms with Gasteiger partial charge >= 0.3 is 0 Å². The fraction of sp³-hybridized carbons (Fsp3) is 0.600. The van der Waals surface area contributed by atoms with Crippen molar-refractivity contribution >= 4 is 16.9 Å². The van der Waals surface area contributed by atoms with Crippen molar-refractivity contribution in [3.05, 3.63) is 30.1 Å². The van der Waals surface area contributed by atoms with Crippen molar-refractivity contribution in [1.29, 1.82) is 0 Å². The molecule has 0 aliphatic carbocycles. The molecule has 3 atom stereocenters. The Bertz CT molecular complexity index is 751.